The van der Waals surface area contributed by atoms with E-state index in [1.807, 2.05) is 0 Å². The van der Waals surface area contributed by atoms with Crippen LogP contribution in [-0.2, 0) is 0 Å². The first-order chi connectivity index (χ1) is 16.2. The Balaban J connectivity index is 3.56. The molecule has 0 unspecified atom stereocenters. The van der Waals surface area contributed by atoms with Crippen LogP contribution in [0.25, 0.3) is 0 Å². The molecule has 0 rings (SSSR count). The molecule has 0 aromatic heterocycles. The molecule has 0 N–H and O–H groups in total. The van der Waals surface area contributed by atoms with Gasteiger partial charge in [-0.1, -0.05) is 142 Å². The Labute approximate surface area is 216 Å². The number of unbranched alkanes of at least 4 members (excludes halogenated alkanes) is 22. The van der Waals surface area contributed by atoms with Gasteiger partial charge in [0, 0.05) is 0 Å². The van der Waals surface area contributed by atoms with Gasteiger partial charge in [0.1, 0.15) is 0 Å². The summed E-state index contributed by atoms with van der Waals surface area (Å²) >= 11 is 6.17. The van der Waals surface area contributed by atoms with E-state index in [2.05, 4.69) is 20.9 Å². The van der Waals surface area contributed by atoms with Gasteiger partial charge in [0.2, 0.25) is 0 Å². The first kappa shape index (κ1) is 33.2. The summed E-state index contributed by atoms with van der Waals surface area (Å²) in [5.41, 5.74) is 0. The molecule has 200 valence electrons. The van der Waals surface area contributed by atoms with E-state index in [0.717, 1.165) is 12.4 Å². The van der Waals surface area contributed by atoms with Gasteiger partial charge in [-0.05, 0) is 25.7 Å². The lowest BCUT2D eigenvalue weighted by Gasteiger charge is -2.34. The monoisotopic (exact) mass is 486 g/mol. The normalized spacial score (nSPS) is 12.0. The molecular weight excluding hydrogens is 422 g/mol. The van der Waals surface area contributed by atoms with E-state index in [1.165, 1.54) is 172 Å². The minimum Gasteiger partial charge on any atom is -0.325 e. The van der Waals surface area contributed by atoms with Gasteiger partial charge < -0.3 is 4.48 Å². The van der Waals surface area contributed by atoms with Crippen molar-refractivity contribution >= 4 is 11.6 Å². The van der Waals surface area contributed by atoms with Crippen LogP contribution in [0.2, 0.25) is 0 Å². The number of nitrogens with zero attached hydrogens (tertiary/aromatic N) is 1. The van der Waals surface area contributed by atoms with Crippen molar-refractivity contribution in [2.75, 3.05) is 32.6 Å². The highest BCUT2D eigenvalue weighted by molar-refractivity contribution is 6.17. The first-order valence-corrected chi connectivity index (χ1v) is 16.1. The quantitative estimate of drug-likeness (QED) is 0.0585. The molecule has 0 saturated heterocycles. The van der Waals surface area contributed by atoms with E-state index in [1.54, 1.807) is 0 Å². The summed E-state index contributed by atoms with van der Waals surface area (Å²) in [6.07, 6.45) is 34.5. The molecular formula is C31H65ClN+. The third-order valence-corrected chi connectivity index (χ3v) is 7.90. The maximum atomic E-state index is 6.17. The number of rotatable bonds is 28. The Morgan fingerprint density at radius 3 is 0.848 bits per heavy atom. The van der Waals surface area contributed by atoms with Gasteiger partial charge in [0.15, 0.2) is 0 Å². The number of alkyl halides is 1. The molecule has 0 radical (unpaired) electrons. The molecule has 33 heavy (non-hydrogen) atoms. The van der Waals surface area contributed by atoms with E-state index in [4.69, 9.17) is 11.6 Å². The summed E-state index contributed by atoms with van der Waals surface area (Å²) in [5.74, 6) is 0.813. The molecule has 2 heteroatoms. The summed E-state index contributed by atoms with van der Waals surface area (Å²) in [5, 5.41) is 0. The molecule has 0 atom stereocenters. The van der Waals surface area contributed by atoms with Crippen molar-refractivity contribution in [3.05, 3.63) is 0 Å². The lowest BCUT2D eigenvalue weighted by molar-refractivity contribution is -0.907. The van der Waals surface area contributed by atoms with E-state index in [9.17, 15) is 0 Å². The van der Waals surface area contributed by atoms with Gasteiger partial charge in [0.25, 0.3) is 0 Å². The number of hydrogen-bond acceptors (Lipinski definition) is 0. The Bertz CT molecular complexity index is 329. The first-order valence-electron chi connectivity index (χ1n) is 15.6. The maximum absolute atomic E-state index is 6.17. The van der Waals surface area contributed by atoms with Crippen LogP contribution in [0.3, 0.4) is 0 Å². The van der Waals surface area contributed by atoms with Crippen molar-refractivity contribution < 1.29 is 4.48 Å². The SMILES string of the molecule is CCCCCCCCCCCCCC[N+](C)(CCCl)CCCCCCCCCCCCCC. The molecule has 0 aliphatic carbocycles. The summed E-state index contributed by atoms with van der Waals surface area (Å²) in [6, 6.07) is 0. The van der Waals surface area contributed by atoms with E-state index in [0.29, 0.717) is 0 Å². The molecule has 0 amide bonds. The number of halogens is 1. The molecule has 0 aliphatic rings. The molecule has 0 aromatic carbocycles. The van der Waals surface area contributed by atoms with E-state index >= 15 is 0 Å². The van der Waals surface area contributed by atoms with Crippen molar-refractivity contribution in [3.8, 4) is 0 Å². The molecule has 0 spiro atoms. The largest absolute Gasteiger partial charge is 0.325 e. The fourth-order valence-electron chi connectivity index (χ4n) is 5.21. The molecule has 0 saturated carbocycles. The second-order valence-electron chi connectivity index (χ2n) is 11.3. The van der Waals surface area contributed by atoms with Crippen LogP contribution in [0, 0.1) is 0 Å². The zero-order valence-electron chi connectivity index (χ0n) is 23.6. The lowest BCUT2D eigenvalue weighted by atomic mass is 10.0. The fraction of sp³-hybridized carbons (Fsp3) is 1.00. The zero-order valence-corrected chi connectivity index (χ0v) is 24.4. The van der Waals surface area contributed by atoms with Crippen molar-refractivity contribution in [1.82, 2.24) is 0 Å². The zero-order chi connectivity index (χ0) is 24.3. The fourth-order valence-corrected chi connectivity index (χ4v) is 5.62. The highest BCUT2D eigenvalue weighted by Crippen LogP contribution is 2.16. The minimum absolute atomic E-state index is 0.813. The Morgan fingerprint density at radius 1 is 0.364 bits per heavy atom. The molecule has 0 aromatic rings. The average Bonchev–Trinajstić information content (AvgIpc) is 2.81. The third-order valence-electron chi connectivity index (χ3n) is 7.73. The molecule has 0 aliphatic heterocycles. The van der Waals surface area contributed by atoms with Crippen LogP contribution < -0.4 is 0 Å². The van der Waals surface area contributed by atoms with Crippen LogP contribution in [0.1, 0.15) is 168 Å². The number of quaternary nitrogens is 1. The van der Waals surface area contributed by atoms with Crippen LogP contribution in [-0.4, -0.2) is 37.0 Å². The van der Waals surface area contributed by atoms with Gasteiger partial charge in [-0.2, -0.15) is 0 Å². The summed E-state index contributed by atoms with van der Waals surface area (Å²) in [4.78, 5) is 0. The Morgan fingerprint density at radius 2 is 0.606 bits per heavy atom. The summed E-state index contributed by atoms with van der Waals surface area (Å²) in [7, 11) is 2.46. The highest BCUT2D eigenvalue weighted by atomic mass is 35.5. The van der Waals surface area contributed by atoms with Crippen LogP contribution in [0.4, 0.5) is 0 Å². The lowest BCUT2D eigenvalue weighted by Crippen LogP contribution is -2.47. The van der Waals surface area contributed by atoms with Crippen molar-refractivity contribution in [1.29, 1.82) is 0 Å². The second-order valence-corrected chi connectivity index (χ2v) is 11.6. The Hall–Kier alpha value is 0.250. The standard InChI is InChI=1S/C31H65ClN/c1-4-6-8-10-12-14-16-18-20-22-24-26-29-33(3,31-28-32)30-27-25-23-21-19-17-15-13-11-9-7-5-2/h4-31H2,1-3H3/q+1. The van der Waals surface area contributed by atoms with E-state index in [-0.39, 0.29) is 0 Å². The maximum Gasteiger partial charge on any atom is 0.0922 e. The van der Waals surface area contributed by atoms with Crippen molar-refractivity contribution in [2.24, 2.45) is 0 Å². The van der Waals surface area contributed by atoms with Crippen LogP contribution in [0.15, 0.2) is 0 Å². The van der Waals surface area contributed by atoms with Gasteiger partial charge in [0.05, 0.1) is 32.6 Å². The predicted molar refractivity (Wildman–Crippen MR) is 154 cm³/mol. The van der Waals surface area contributed by atoms with Gasteiger partial charge in [-0.3, -0.25) is 0 Å². The highest BCUT2D eigenvalue weighted by Gasteiger charge is 2.19. The topological polar surface area (TPSA) is 0 Å². The van der Waals surface area contributed by atoms with Gasteiger partial charge in [-0.25, -0.2) is 0 Å². The predicted octanol–water partition coefficient (Wildman–Crippen LogP) is 11.1. The molecule has 1 nitrogen and oxygen atoms in total. The van der Waals surface area contributed by atoms with Gasteiger partial charge in [-0.15, -0.1) is 11.6 Å². The summed E-state index contributed by atoms with van der Waals surface area (Å²) < 4.78 is 1.21. The molecule has 0 heterocycles. The third kappa shape index (κ3) is 25.2. The van der Waals surface area contributed by atoms with Crippen LogP contribution in [0.5, 0.6) is 0 Å². The van der Waals surface area contributed by atoms with E-state index < -0.39 is 0 Å². The smallest absolute Gasteiger partial charge is 0.0922 e. The Kier molecular flexibility index (Phi) is 27.1. The molecule has 0 fully saturated rings. The van der Waals surface area contributed by atoms with Crippen LogP contribution >= 0.6 is 11.6 Å². The minimum atomic E-state index is 0.813. The molecule has 0 bridgehead atoms. The van der Waals surface area contributed by atoms with Gasteiger partial charge >= 0.3 is 0 Å². The van der Waals surface area contributed by atoms with Crippen molar-refractivity contribution in [2.45, 2.75) is 168 Å². The summed E-state index contributed by atoms with van der Waals surface area (Å²) in [6.45, 7) is 8.43. The number of hydrogen-bond donors (Lipinski definition) is 0. The average molecular weight is 487 g/mol. The second kappa shape index (κ2) is 26.8. The van der Waals surface area contributed by atoms with Crippen molar-refractivity contribution in [3.63, 3.8) is 0 Å².